The molecule has 0 aromatic carbocycles. The number of oxime groups is 1. The summed E-state index contributed by atoms with van der Waals surface area (Å²) in [5.41, 5.74) is 0.713. The van der Waals surface area contributed by atoms with Crippen molar-refractivity contribution in [1.29, 1.82) is 0 Å². The monoisotopic (exact) mass is 385 g/mol. The fourth-order valence-electron chi connectivity index (χ4n) is 7.46. The molecular formula is C23H31NO4. The van der Waals surface area contributed by atoms with Gasteiger partial charge >= 0.3 is 5.97 Å². The maximum absolute atomic E-state index is 11.9. The van der Waals surface area contributed by atoms with Gasteiger partial charge in [0.2, 0.25) is 0 Å². The van der Waals surface area contributed by atoms with Crippen LogP contribution < -0.4 is 0 Å². The van der Waals surface area contributed by atoms with E-state index in [0.29, 0.717) is 29.4 Å². The molecule has 2 N–H and O–H groups in total. The molecule has 0 heterocycles. The van der Waals surface area contributed by atoms with Gasteiger partial charge in [-0.3, -0.25) is 4.79 Å². The number of terminal acetylenes is 1. The number of fused-ring (bicyclic) bond motifs is 5. The van der Waals surface area contributed by atoms with Crippen LogP contribution in [0.15, 0.2) is 16.8 Å². The molecule has 3 saturated carbocycles. The normalized spacial score (nSPS) is 46.0. The van der Waals surface area contributed by atoms with Gasteiger partial charge in [-0.15, -0.1) is 6.42 Å². The Kier molecular flexibility index (Phi) is 4.82. The number of ether oxygens (including phenoxy) is 1. The predicted octanol–water partition coefficient (Wildman–Crippen LogP) is 3.69. The molecule has 0 spiro atoms. The Balaban J connectivity index is 1.70. The van der Waals surface area contributed by atoms with E-state index in [1.807, 2.05) is 6.08 Å². The van der Waals surface area contributed by atoms with Crippen molar-refractivity contribution in [2.75, 3.05) is 0 Å². The van der Waals surface area contributed by atoms with E-state index in [0.717, 1.165) is 56.9 Å². The summed E-state index contributed by atoms with van der Waals surface area (Å²) in [4.78, 5) is 11.9. The molecule has 0 aliphatic heterocycles. The van der Waals surface area contributed by atoms with Gasteiger partial charge in [-0.05, 0) is 86.7 Å². The van der Waals surface area contributed by atoms with E-state index >= 15 is 0 Å². The molecule has 0 radical (unpaired) electrons. The molecule has 0 unspecified atom stereocenters. The van der Waals surface area contributed by atoms with E-state index in [-0.39, 0.29) is 11.4 Å². The lowest BCUT2D eigenvalue weighted by molar-refractivity contribution is -0.171. The average Bonchev–Trinajstić information content (AvgIpc) is 3.02. The molecule has 0 saturated heterocycles. The fraction of sp³-hybridized carbons (Fsp3) is 0.739. The minimum atomic E-state index is -0.812. The number of esters is 1. The molecule has 5 nitrogen and oxygen atoms in total. The molecule has 152 valence electrons. The lowest BCUT2D eigenvalue weighted by Gasteiger charge is -2.57. The maximum atomic E-state index is 11.9. The van der Waals surface area contributed by atoms with Crippen molar-refractivity contribution in [1.82, 2.24) is 0 Å². The second-order valence-electron chi connectivity index (χ2n) is 9.22. The van der Waals surface area contributed by atoms with Crippen LogP contribution in [-0.4, -0.2) is 33.7 Å². The van der Waals surface area contributed by atoms with E-state index < -0.39 is 11.7 Å². The Bertz CT molecular complexity index is 765. The van der Waals surface area contributed by atoms with Gasteiger partial charge in [0.05, 0.1) is 11.8 Å². The van der Waals surface area contributed by atoms with Crippen LogP contribution in [0.4, 0.5) is 0 Å². The van der Waals surface area contributed by atoms with E-state index in [2.05, 4.69) is 18.0 Å². The van der Waals surface area contributed by atoms with Gasteiger partial charge in [0.15, 0.2) is 5.60 Å². The topological polar surface area (TPSA) is 79.1 Å². The smallest absolute Gasteiger partial charge is 0.304 e. The first-order valence-corrected chi connectivity index (χ1v) is 10.7. The summed E-state index contributed by atoms with van der Waals surface area (Å²) in [6.45, 7) is 3.62. The van der Waals surface area contributed by atoms with Crippen molar-refractivity contribution >= 4 is 11.7 Å². The van der Waals surface area contributed by atoms with Crippen LogP contribution in [-0.2, 0) is 9.53 Å². The highest BCUT2D eigenvalue weighted by Crippen LogP contribution is 2.67. The number of hydrogen-bond donors (Lipinski definition) is 2. The lowest BCUT2D eigenvalue weighted by atomic mass is 9.49. The zero-order chi connectivity index (χ0) is 20.1. The summed E-state index contributed by atoms with van der Waals surface area (Å²) in [5.74, 6) is 4.25. The number of aliphatic hydroxyl groups excluding tert-OH is 1. The molecule has 0 amide bonds. The van der Waals surface area contributed by atoms with Gasteiger partial charge in [0.25, 0.3) is 0 Å². The largest absolute Gasteiger partial charge is 0.445 e. The molecule has 4 rings (SSSR count). The number of carbonyl (C=O) groups excluding carboxylic acids is 1. The summed E-state index contributed by atoms with van der Waals surface area (Å²) in [6, 6.07) is 0. The minimum Gasteiger partial charge on any atom is -0.445 e. The molecule has 4 aliphatic carbocycles. The van der Waals surface area contributed by atoms with Gasteiger partial charge in [-0.2, -0.15) is 0 Å². The molecule has 0 aromatic rings. The summed E-state index contributed by atoms with van der Waals surface area (Å²) in [6.07, 6.45) is 14.4. The van der Waals surface area contributed by atoms with Gasteiger partial charge in [0.1, 0.15) is 0 Å². The first-order chi connectivity index (χ1) is 13.4. The number of carbonyl (C=O) groups is 1. The van der Waals surface area contributed by atoms with Crippen LogP contribution >= 0.6 is 0 Å². The highest BCUT2D eigenvalue weighted by Gasteiger charge is 2.66. The van der Waals surface area contributed by atoms with Crippen LogP contribution in [0.3, 0.4) is 0 Å². The summed E-state index contributed by atoms with van der Waals surface area (Å²) >= 11 is 0. The highest BCUT2D eigenvalue weighted by atomic mass is 16.6. The van der Waals surface area contributed by atoms with Crippen molar-refractivity contribution in [2.24, 2.45) is 34.2 Å². The third kappa shape index (κ3) is 2.57. The molecule has 4 aliphatic rings. The number of rotatable bonds is 2. The van der Waals surface area contributed by atoms with Crippen molar-refractivity contribution in [3.63, 3.8) is 0 Å². The first kappa shape index (κ1) is 19.5. The molecular weight excluding hydrogens is 354 g/mol. The van der Waals surface area contributed by atoms with Crippen LogP contribution in [0.2, 0.25) is 0 Å². The Labute approximate surface area is 167 Å². The Morgan fingerprint density at radius 1 is 1.36 bits per heavy atom. The SMILES string of the molecule is C#C[C@]1(OC(C)=O)CC[C@H]2[C@@H]3C[C@H](O)C4=C/C(=N/O)CC[C@@H]4[C@H]3CC[C@@]21CC. The third-order valence-corrected chi connectivity index (χ3v) is 8.49. The van der Waals surface area contributed by atoms with Crippen LogP contribution in [0.25, 0.3) is 0 Å². The zero-order valence-corrected chi connectivity index (χ0v) is 16.9. The molecule has 28 heavy (non-hydrogen) atoms. The van der Waals surface area contributed by atoms with Crippen molar-refractivity contribution in [3.05, 3.63) is 11.6 Å². The Morgan fingerprint density at radius 3 is 2.79 bits per heavy atom. The van der Waals surface area contributed by atoms with Crippen molar-refractivity contribution in [2.45, 2.75) is 76.9 Å². The Morgan fingerprint density at radius 2 is 2.14 bits per heavy atom. The van der Waals surface area contributed by atoms with E-state index in [4.69, 9.17) is 16.4 Å². The molecule has 0 aromatic heterocycles. The first-order valence-electron chi connectivity index (χ1n) is 10.7. The summed E-state index contributed by atoms with van der Waals surface area (Å²) in [5, 5.41) is 23.5. The maximum Gasteiger partial charge on any atom is 0.304 e. The van der Waals surface area contributed by atoms with Crippen molar-refractivity contribution < 1.29 is 19.8 Å². The lowest BCUT2D eigenvalue weighted by Crippen LogP contribution is -2.56. The second-order valence-corrected chi connectivity index (χ2v) is 9.22. The van der Waals surface area contributed by atoms with Gasteiger partial charge in [-0.1, -0.05) is 18.0 Å². The summed E-state index contributed by atoms with van der Waals surface area (Å²) in [7, 11) is 0. The van der Waals surface area contributed by atoms with Crippen LogP contribution in [0, 0.1) is 41.4 Å². The number of aliphatic hydroxyl groups is 1. The van der Waals surface area contributed by atoms with Crippen LogP contribution in [0.5, 0.6) is 0 Å². The van der Waals surface area contributed by atoms with Crippen LogP contribution in [0.1, 0.15) is 65.2 Å². The molecule has 7 atom stereocenters. The van der Waals surface area contributed by atoms with Gasteiger partial charge in [0, 0.05) is 12.3 Å². The van der Waals surface area contributed by atoms with E-state index in [9.17, 15) is 9.90 Å². The number of nitrogens with zero attached hydrogens (tertiary/aromatic N) is 1. The van der Waals surface area contributed by atoms with Gasteiger partial charge < -0.3 is 15.1 Å². The Hall–Kier alpha value is -1.80. The number of allylic oxidation sites excluding steroid dienone is 1. The third-order valence-electron chi connectivity index (χ3n) is 8.49. The zero-order valence-electron chi connectivity index (χ0n) is 16.9. The fourth-order valence-corrected chi connectivity index (χ4v) is 7.46. The summed E-state index contributed by atoms with van der Waals surface area (Å²) < 4.78 is 5.86. The van der Waals surface area contributed by atoms with E-state index in [1.165, 1.54) is 6.92 Å². The minimum absolute atomic E-state index is 0.193. The predicted molar refractivity (Wildman–Crippen MR) is 106 cm³/mol. The highest BCUT2D eigenvalue weighted by molar-refractivity contribution is 5.96. The number of hydrogen-bond acceptors (Lipinski definition) is 5. The van der Waals surface area contributed by atoms with E-state index in [1.54, 1.807) is 0 Å². The standard InChI is InChI=1S/C23H31NO4/c1-4-22-10-8-17-16-7-6-15(24-27)12-19(16)21(26)13-18(17)20(22)9-11-23(22,5-2)28-14(3)25/h2,12,16-18,20-21,26-27H,4,6-11,13H2,1,3H3/b24-15+/t16-,17-,18-,20+,21+,22+,23+/m1/s1. The van der Waals surface area contributed by atoms with Crippen molar-refractivity contribution in [3.8, 4) is 12.3 Å². The quantitative estimate of drug-likeness (QED) is 0.329. The second kappa shape index (κ2) is 6.91. The molecule has 0 bridgehead atoms. The molecule has 3 fully saturated rings. The van der Waals surface area contributed by atoms with Gasteiger partial charge in [-0.25, -0.2) is 0 Å². The average molecular weight is 386 g/mol. The molecule has 5 heteroatoms.